The van der Waals surface area contributed by atoms with Crippen LogP contribution in [0.5, 0.6) is 5.75 Å². The summed E-state index contributed by atoms with van der Waals surface area (Å²) >= 11 is 6.14. The molecule has 0 aliphatic rings. The summed E-state index contributed by atoms with van der Waals surface area (Å²) in [5, 5.41) is 7.27. The quantitative estimate of drug-likeness (QED) is 0.153. The van der Waals surface area contributed by atoms with Crippen LogP contribution < -0.4 is 10.1 Å². The topological polar surface area (TPSA) is 56.1 Å². The van der Waals surface area contributed by atoms with Gasteiger partial charge in [-0.2, -0.15) is 5.10 Å². The Balaban J connectivity index is 1.47. The number of amides is 1. The average Bonchev–Trinajstić information content (AvgIpc) is 3.16. The SMILES string of the molecule is Cc1ccc(Cl)c(OCc2ccc(C(=O)Nc3c(C)nn(Cc4c(F)c(F)c(F)c(F)c4F)c3C)cc2)c1. The van der Waals surface area contributed by atoms with Crippen LogP contribution in [0.4, 0.5) is 27.6 Å². The predicted octanol–water partition coefficient (Wildman–Crippen LogP) is 7.04. The third kappa shape index (κ3) is 5.35. The zero-order chi connectivity index (χ0) is 27.7. The molecule has 198 valence electrons. The first-order valence-electron chi connectivity index (χ1n) is 11.3. The van der Waals surface area contributed by atoms with Crippen LogP contribution in [0.1, 0.15) is 38.4 Å². The monoisotopic (exact) mass is 549 g/mol. The Labute approximate surface area is 219 Å². The van der Waals surface area contributed by atoms with Gasteiger partial charge in [-0.15, -0.1) is 0 Å². The van der Waals surface area contributed by atoms with Crippen LogP contribution in [0, 0.1) is 49.9 Å². The summed E-state index contributed by atoms with van der Waals surface area (Å²) in [7, 11) is 0. The highest BCUT2D eigenvalue weighted by Gasteiger charge is 2.27. The predicted molar refractivity (Wildman–Crippen MR) is 132 cm³/mol. The molecule has 1 N–H and O–H groups in total. The molecule has 0 aliphatic heterocycles. The third-order valence-electron chi connectivity index (χ3n) is 5.93. The van der Waals surface area contributed by atoms with E-state index in [-0.39, 0.29) is 18.0 Å². The van der Waals surface area contributed by atoms with Gasteiger partial charge in [-0.05, 0) is 56.2 Å². The molecule has 0 fully saturated rings. The van der Waals surface area contributed by atoms with E-state index >= 15 is 0 Å². The summed E-state index contributed by atoms with van der Waals surface area (Å²) in [6, 6.07) is 12.0. The number of aromatic nitrogens is 2. The molecule has 0 bridgehead atoms. The molecule has 1 aromatic heterocycles. The standard InChI is InChI=1S/C27H21ClF5N3O2/c1-13-4-9-19(28)20(10-13)38-12-16-5-7-17(8-6-16)27(37)34-26-14(2)35-36(15(26)3)11-18-21(29)23(31)25(33)24(32)22(18)30/h4-10H,11-12H2,1-3H3,(H,34,37). The van der Waals surface area contributed by atoms with Crippen LogP contribution in [0.3, 0.4) is 0 Å². The van der Waals surface area contributed by atoms with E-state index in [0.717, 1.165) is 15.8 Å². The fraction of sp³-hybridized carbons (Fsp3) is 0.185. The smallest absolute Gasteiger partial charge is 0.255 e. The molecule has 0 spiro atoms. The van der Waals surface area contributed by atoms with Crippen molar-refractivity contribution in [2.75, 3.05) is 5.32 Å². The minimum atomic E-state index is -2.23. The number of hydrogen-bond donors (Lipinski definition) is 1. The highest BCUT2D eigenvalue weighted by atomic mass is 35.5. The van der Waals surface area contributed by atoms with Crippen molar-refractivity contribution in [2.45, 2.75) is 33.9 Å². The molecule has 0 atom stereocenters. The van der Waals surface area contributed by atoms with Gasteiger partial charge in [0.25, 0.3) is 5.91 Å². The van der Waals surface area contributed by atoms with E-state index in [9.17, 15) is 26.7 Å². The molecular weight excluding hydrogens is 529 g/mol. The van der Waals surface area contributed by atoms with Gasteiger partial charge in [0.2, 0.25) is 5.82 Å². The van der Waals surface area contributed by atoms with Crippen molar-refractivity contribution in [3.63, 3.8) is 0 Å². The van der Waals surface area contributed by atoms with Crippen LogP contribution in [0.15, 0.2) is 42.5 Å². The zero-order valence-corrected chi connectivity index (χ0v) is 21.2. The molecule has 0 saturated heterocycles. The van der Waals surface area contributed by atoms with E-state index in [0.29, 0.717) is 22.0 Å². The van der Waals surface area contributed by atoms with Gasteiger partial charge >= 0.3 is 0 Å². The lowest BCUT2D eigenvalue weighted by Gasteiger charge is -2.11. The summed E-state index contributed by atoms with van der Waals surface area (Å²) in [6.45, 7) is 4.46. The van der Waals surface area contributed by atoms with E-state index in [1.165, 1.54) is 13.8 Å². The van der Waals surface area contributed by atoms with Crippen LogP contribution in [-0.2, 0) is 13.2 Å². The first-order valence-corrected chi connectivity index (χ1v) is 11.7. The van der Waals surface area contributed by atoms with Crippen LogP contribution in [0.2, 0.25) is 5.02 Å². The average molecular weight is 550 g/mol. The summed E-state index contributed by atoms with van der Waals surface area (Å²) < 4.78 is 75.6. The van der Waals surface area contributed by atoms with Crippen LogP contribution >= 0.6 is 11.6 Å². The Hall–Kier alpha value is -3.92. The minimum Gasteiger partial charge on any atom is -0.487 e. The number of ether oxygens (including phenoxy) is 1. The Morgan fingerprint density at radius 3 is 2.16 bits per heavy atom. The molecule has 0 radical (unpaired) electrons. The first-order chi connectivity index (χ1) is 18.0. The zero-order valence-electron chi connectivity index (χ0n) is 20.4. The number of aryl methyl sites for hydroxylation is 2. The fourth-order valence-electron chi connectivity index (χ4n) is 3.79. The number of hydrogen-bond acceptors (Lipinski definition) is 3. The number of rotatable bonds is 7. The summed E-state index contributed by atoms with van der Waals surface area (Å²) in [4.78, 5) is 12.8. The third-order valence-corrected chi connectivity index (χ3v) is 6.24. The van der Waals surface area contributed by atoms with Crippen molar-refractivity contribution in [3.05, 3.63) is 110 Å². The minimum absolute atomic E-state index is 0.230. The molecule has 4 aromatic rings. The molecule has 3 aromatic carbocycles. The number of halogens is 6. The summed E-state index contributed by atoms with van der Waals surface area (Å²) in [5.41, 5.74) is 1.88. The molecule has 38 heavy (non-hydrogen) atoms. The number of carbonyl (C=O) groups excluding carboxylic acids is 1. The van der Waals surface area contributed by atoms with Crippen molar-refractivity contribution < 1.29 is 31.5 Å². The fourth-order valence-corrected chi connectivity index (χ4v) is 3.96. The molecule has 4 rings (SSSR count). The van der Waals surface area contributed by atoms with Crippen LogP contribution in [-0.4, -0.2) is 15.7 Å². The van der Waals surface area contributed by atoms with Gasteiger partial charge in [0, 0.05) is 5.56 Å². The molecule has 1 heterocycles. The largest absolute Gasteiger partial charge is 0.487 e. The lowest BCUT2D eigenvalue weighted by atomic mass is 10.1. The van der Waals surface area contributed by atoms with Gasteiger partial charge in [-0.25, -0.2) is 22.0 Å². The number of carbonyl (C=O) groups is 1. The lowest BCUT2D eigenvalue weighted by Crippen LogP contribution is -2.14. The maximum atomic E-state index is 14.1. The van der Waals surface area contributed by atoms with E-state index in [4.69, 9.17) is 16.3 Å². The van der Waals surface area contributed by atoms with Gasteiger partial charge in [-0.1, -0.05) is 29.8 Å². The second kappa shape index (κ2) is 10.8. The van der Waals surface area contributed by atoms with E-state index in [1.807, 2.05) is 19.1 Å². The highest BCUT2D eigenvalue weighted by molar-refractivity contribution is 6.32. The Kier molecular flexibility index (Phi) is 7.73. The second-order valence-electron chi connectivity index (χ2n) is 8.63. The molecule has 11 heteroatoms. The maximum absolute atomic E-state index is 14.1. The Morgan fingerprint density at radius 1 is 0.921 bits per heavy atom. The Bertz CT molecular complexity index is 1510. The first kappa shape index (κ1) is 27.1. The lowest BCUT2D eigenvalue weighted by molar-refractivity contribution is 0.102. The number of benzene rings is 3. The highest BCUT2D eigenvalue weighted by Crippen LogP contribution is 2.28. The second-order valence-corrected chi connectivity index (χ2v) is 9.03. The molecule has 5 nitrogen and oxygen atoms in total. The summed E-state index contributed by atoms with van der Waals surface area (Å²) in [5.74, 6) is -10.1. The van der Waals surface area contributed by atoms with Gasteiger partial charge in [0.15, 0.2) is 23.3 Å². The summed E-state index contributed by atoms with van der Waals surface area (Å²) in [6.07, 6.45) is 0. The van der Waals surface area contributed by atoms with E-state index < -0.39 is 47.1 Å². The maximum Gasteiger partial charge on any atom is 0.255 e. The normalized spacial score (nSPS) is 11.1. The molecule has 0 aliphatic carbocycles. The van der Waals surface area contributed by atoms with E-state index in [1.54, 1.807) is 30.3 Å². The number of nitrogens with zero attached hydrogens (tertiary/aromatic N) is 2. The number of nitrogens with one attached hydrogen (secondary N) is 1. The molecule has 1 amide bonds. The van der Waals surface area contributed by atoms with Crippen molar-refractivity contribution in [2.24, 2.45) is 0 Å². The van der Waals surface area contributed by atoms with Crippen molar-refractivity contribution >= 4 is 23.2 Å². The van der Waals surface area contributed by atoms with Gasteiger partial charge in [0.1, 0.15) is 12.4 Å². The van der Waals surface area contributed by atoms with Gasteiger partial charge in [-0.3, -0.25) is 9.48 Å². The van der Waals surface area contributed by atoms with Gasteiger partial charge < -0.3 is 10.1 Å². The molecular formula is C27H21ClF5N3O2. The molecule has 0 unspecified atom stereocenters. The Morgan fingerprint density at radius 2 is 1.53 bits per heavy atom. The number of anilines is 1. The van der Waals surface area contributed by atoms with Crippen molar-refractivity contribution in [1.29, 1.82) is 0 Å². The molecule has 0 saturated carbocycles. The van der Waals surface area contributed by atoms with Crippen LogP contribution in [0.25, 0.3) is 0 Å². The van der Waals surface area contributed by atoms with Crippen molar-refractivity contribution in [1.82, 2.24) is 9.78 Å². The van der Waals surface area contributed by atoms with E-state index in [2.05, 4.69) is 10.4 Å². The van der Waals surface area contributed by atoms with Crippen molar-refractivity contribution in [3.8, 4) is 5.75 Å². The van der Waals surface area contributed by atoms with Gasteiger partial charge in [0.05, 0.1) is 34.2 Å².